The van der Waals surface area contributed by atoms with E-state index in [0.717, 1.165) is 24.0 Å². The molecule has 0 aromatic heterocycles. The molecule has 2 bridgehead atoms. The number of hydrogen-bond acceptors (Lipinski definition) is 6. The average Bonchev–Trinajstić information content (AvgIpc) is 2.85. The van der Waals surface area contributed by atoms with Crippen molar-refractivity contribution >= 4 is 11.5 Å². The number of aliphatic hydroxyl groups excluding tert-OH is 1. The lowest BCUT2D eigenvalue weighted by Crippen LogP contribution is -2.53. The molecule has 0 amide bonds. The molecular formula is C31H42O6. The van der Waals surface area contributed by atoms with Crippen molar-refractivity contribution in [2.24, 2.45) is 11.8 Å². The zero-order valence-corrected chi connectivity index (χ0v) is 23.0. The SMILES string of the molecule is C/C1=C/C=C/[C@H](C)[C@@H](O)/C(C)=C\C[C@H]2C[C@@H](C[C@]3(CC[C@H](C)[C@@H](C)O3)O2)OC(=O)c2cc(C)c(O)cc21. The number of carbonyl (C=O) groups excluding carboxylic acids is 1. The standard InChI is InChI=1S/C31H42O6/c1-18-12-13-31(36-23(18)6)17-25-15-24(37-31)11-10-21(4)29(33)20(3)9-7-8-19(2)26-16-28(32)22(5)14-27(26)30(34)35-25/h7-10,14,16,18,20,23-25,29,32-33H,11-13,15,17H2,1-6H3/b9-7+,19-8-,21-10-/t18-,20-,23+,24-,25-,29+,31-/m0/s1. The summed E-state index contributed by atoms with van der Waals surface area (Å²) in [5.41, 5.74) is 3.38. The summed E-state index contributed by atoms with van der Waals surface area (Å²) in [5.74, 6) is -0.725. The number of benzene rings is 1. The Morgan fingerprint density at radius 2 is 1.78 bits per heavy atom. The van der Waals surface area contributed by atoms with Gasteiger partial charge in [-0.3, -0.25) is 0 Å². The number of allylic oxidation sites excluding steroid dienone is 3. The number of aromatic hydroxyl groups is 1. The summed E-state index contributed by atoms with van der Waals surface area (Å²) in [7, 11) is 0. The fraction of sp³-hybridized carbons (Fsp3) is 0.581. The zero-order chi connectivity index (χ0) is 26.9. The molecular weight excluding hydrogens is 468 g/mol. The Morgan fingerprint density at radius 3 is 2.51 bits per heavy atom. The Balaban J connectivity index is 1.74. The predicted molar refractivity (Wildman–Crippen MR) is 144 cm³/mol. The van der Waals surface area contributed by atoms with E-state index in [1.807, 2.05) is 45.1 Å². The number of phenolic OH excluding ortho intramolecular Hbond substituents is 1. The highest BCUT2D eigenvalue weighted by molar-refractivity contribution is 5.96. The fourth-order valence-corrected chi connectivity index (χ4v) is 5.62. The molecule has 2 saturated heterocycles. The molecule has 0 radical (unpaired) electrons. The van der Waals surface area contributed by atoms with Crippen LogP contribution in [-0.2, 0) is 14.2 Å². The van der Waals surface area contributed by atoms with E-state index in [-0.39, 0.29) is 30.0 Å². The van der Waals surface area contributed by atoms with Crippen molar-refractivity contribution in [2.75, 3.05) is 0 Å². The van der Waals surface area contributed by atoms with E-state index in [4.69, 9.17) is 14.2 Å². The van der Waals surface area contributed by atoms with Gasteiger partial charge in [0, 0.05) is 25.2 Å². The quantitative estimate of drug-likeness (QED) is 0.317. The average molecular weight is 511 g/mol. The Morgan fingerprint density at radius 1 is 1.03 bits per heavy atom. The molecule has 0 aliphatic carbocycles. The summed E-state index contributed by atoms with van der Waals surface area (Å²) in [4.78, 5) is 13.6. The first-order chi connectivity index (χ1) is 17.5. The van der Waals surface area contributed by atoms with Crippen molar-refractivity contribution < 1.29 is 29.2 Å². The van der Waals surface area contributed by atoms with Crippen LogP contribution in [0.3, 0.4) is 0 Å². The molecule has 6 nitrogen and oxygen atoms in total. The van der Waals surface area contributed by atoms with Gasteiger partial charge >= 0.3 is 5.97 Å². The maximum Gasteiger partial charge on any atom is 0.339 e. The molecule has 1 aromatic carbocycles. The summed E-state index contributed by atoms with van der Waals surface area (Å²) in [5, 5.41) is 21.3. The Hall–Kier alpha value is -2.41. The van der Waals surface area contributed by atoms with Crippen molar-refractivity contribution in [2.45, 2.75) is 104 Å². The van der Waals surface area contributed by atoms with E-state index < -0.39 is 17.9 Å². The minimum absolute atomic E-state index is 0.0487. The van der Waals surface area contributed by atoms with Crippen LogP contribution in [0, 0.1) is 18.8 Å². The van der Waals surface area contributed by atoms with E-state index in [1.54, 1.807) is 19.1 Å². The minimum Gasteiger partial charge on any atom is -0.508 e. The third kappa shape index (κ3) is 6.19. The topological polar surface area (TPSA) is 85.2 Å². The molecule has 0 unspecified atom stereocenters. The Bertz CT molecular complexity index is 1100. The van der Waals surface area contributed by atoms with E-state index in [1.165, 1.54) is 0 Å². The van der Waals surface area contributed by atoms with Crippen LogP contribution in [0.15, 0.2) is 42.0 Å². The molecule has 3 heterocycles. The van der Waals surface area contributed by atoms with Crippen LogP contribution in [0.2, 0.25) is 0 Å². The maximum atomic E-state index is 13.6. The zero-order valence-electron chi connectivity index (χ0n) is 23.0. The van der Waals surface area contributed by atoms with Gasteiger partial charge in [-0.1, -0.05) is 38.2 Å². The number of aliphatic hydroxyl groups is 1. The van der Waals surface area contributed by atoms with Crippen molar-refractivity contribution in [3.63, 3.8) is 0 Å². The summed E-state index contributed by atoms with van der Waals surface area (Å²) < 4.78 is 19.2. The van der Waals surface area contributed by atoms with Crippen molar-refractivity contribution in [1.29, 1.82) is 0 Å². The second kappa shape index (κ2) is 11.1. The highest BCUT2D eigenvalue weighted by atomic mass is 16.7. The van der Waals surface area contributed by atoms with Gasteiger partial charge < -0.3 is 24.4 Å². The van der Waals surface area contributed by atoms with Crippen molar-refractivity contribution in [1.82, 2.24) is 0 Å². The summed E-state index contributed by atoms with van der Waals surface area (Å²) in [6.07, 6.45) is 10.0. The van der Waals surface area contributed by atoms with Crippen LogP contribution in [0.1, 0.15) is 88.2 Å². The van der Waals surface area contributed by atoms with Gasteiger partial charge in [-0.05, 0) is 80.9 Å². The highest BCUT2D eigenvalue weighted by Crippen LogP contribution is 2.43. The fourth-order valence-electron chi connectivity index (χ4n) is 5.62. The van der Waals surface area contributed by atoms with Gasteiger partial charge in [0.2, 0.25) is 0 Å². The number of phenols is 1. The lowest BCUT2D eigenvalue weighted by molar-refractivity contribution is -0.331. The van der Waals surface area contributed by atoms with Gasteiger partial charge in [0.05, 0.1) is 23.9 Å². The molecule has 3 aliphatic heterocycles. The lowest BCUT2D eigenvalue weighted by atomic mass is 9.86. The molecule has 2 fully saturated rings. The number of esters is 1. The Kier molecular flexibility index (Phi) is 8.32. The molecule has 2 N–H and O–H groups in total. The molecule has 0 saturated carbocycles. The molecule has 1 spiro atoms. The lowest BCUT2D eigenvalue weighted by Gasteiger charge is -2.49. The monoisotopic (exact) mass is 510 g/mol. The predicted octanol–water partition coefficient (Wildman–Crippen LogP) is 6.24. The first kappa shape index (κ1) is 27.6. The number of carbonyl (C=O) groups is 1. The maximum absolute atomic E-state index is 13.6. The van der Waals surface area contributed by atoms with Gasteiger partial charge in [0.1, 0.15) is 11.9 Å². The second-order valence-corrected chi connectivity index (χ2v) is 11.4. The first-order valence-electron chi connectivity index (χ1n) is 13.6. The van der Waals surface area contributed by atoms with E-state index in [9.17, 15) is 15.0 Å². The first-order valence-corrected chi connectivity index (χ1v) is 13.6. The second-order valence-electron chi connectivity index (χ2n) is 11.4. The van der Waals surface area contributed by atoms with E-state index >= 15 is 0 Å². The van der Waals surface area contributed by atoms with Gasteiger partial charge in [0.15, 0.2) is 5.79 Å². The van der Waals surface area contributed by atoms with Crippen LogP contribution >= 0.6 is 0 Å². The van der Waals surface area contributed by atoms with Crippen LogP contribution in [-0.4, -0.2) is 46.4 Å². The number of fused-ring (bicyclic) bond motifs is 3. The van der Waals surface area contributed by atoms with E-state index in [2.05, 4.69) is 13.8 Å². The van der Waals surface area contributed by atoms with Gasteiger partial charge in [-0.15, -0.1) is 0 Å². The van der Waals surface area contributed by atoms with Crippen molar-refractivity contribution in [3.05, 3.63) is 58.7 Å². The smallest absolute Gasteiger partial charge is 0.339 e. The molecule has 37 heavy (non-hydrogen) atoms. The summed E-state index contributed by atoms with van der Waals surface area (Å²) in [6.45, 7) is 11.9. The Labute approximate surface area is 221 Å². The molecule has 4 rings (SSSR count). The number of rotatable bonds is 0. The highest BCUT2D eigenvalue weighted by Gasteiger charge is 2.47. The summed E-state index contributed by atoms with van der Waals surface area (Å²) >= 11 is 0. The van der Waals surface area contributed by atoms with Gasteiger partial charge in [0.25, 0.3) is 0 Å². The molecule has 1 aromatic rings. The third-order valence-corrected chi connectivity index (χ3v) is 8.31. The molecule has 202 valence electrons. The number of ether oxygens (including phenoxy) is 3. The van der Waals surface area contributed by atoms with Crippen molar-refractivity contribution in [3.8, 4) is 5.75 Å². The molecule has 3 aliphatic rings. The summed E-state index contributed by atoms with van der Waals surface area (Å²) in [6, 6.07) is 3.32. The third-order valence-electron chi connectivity index (χ3n) is 8.31. The van der Waals surface area contributed by atoms with Gasteiger partial charge in [-0.2, -0.15) is 0 Å². The minimum atomic E-state index is -0.787. The molecule has 6 heteroatoms. The van der Waals surface area contributed by atoms with Crippen LogP contribution in [0.4, 0.5) is 0 Å². The largest absolute Gasteiger partial charge is 0.508 e. The normalized spacial score (nSPS) is 39.1. The number of hydrogen-bond donors (Lipinski definition) is 2. The van der Waals surface area contributed by atoms with Crippen LogP contribution < -0.4 is 0 Å². The molecule has 7 atom stereocenters. The number of aryl methyl sites for hydroxylation is 1. The van der Waals surface area contributed by atoms with Crippen LogP contribution in [0.25, 0.3) is 5.57 Å². The van der Waals surface area contributed by atoms with Crippen LogP contribution in [0.5, 0.6) is 5.75 Å². The van der Waals surface area contributed by atoms with Gasteiger partial charge in [-0.25, -0.2) is 4.79 Å². The van der Waals surface area contributed by atoms with E-state index in [0.29, 0.717) is 41.9 Å².